The highest BCUT2D eigenvalue weighted by Gasteiger charge is 2.34. The van der Waals surface area contributed by atoms with Crippen LogP contribution < -0.4 is 0 Å². The molecule has 1 aliphatic carbocycles. The number of allylic oxidation sites excluding steroid dienone is 4. The van der Waals surface area contributed by atoms with Gasteiger partial charge in [-0.25, -0.2) is 8.78 Å². The Morgan fingerprint density at radius 2 is 2.20 bits per heavy atom. The van der Waals surface area contributed by atoms with Crippen LogP contribution in [-0.4, -0.2) is 5.66 Å². The lowest BCUT2D eigenvalue weighted by molar-refractivity contribution is 0.0582. The van der Waals surface area contributed by atoms with Gasteiger partial charge in [0.05, 0.1) is 24.1 Å². The predicted molar refractivity (Wildman–Crippen MR) is 54.8 cm³/mol. The highest BCUT2D eigenvalue weighted by molar-refractivity contribution is 7.18. The lowest BCUT2D eigenvalue weighted by Crippen LogP contribution is -2.21. The number of rotatable bonds is 2. The number of halogens is 2. The molecule has 0 aromatic carbocycles. The van der Waals surface area contributed by atoms with Crippen molar-refractivity contribution in [2.24, 2.45) is 5.92 Å². The highest BCUT2D eigenvalue weighted by Crippen LogP contribution is 2.39. The molecule has 2 unspecified atom stereocenters. The van der Waals surface area contributed by atoms with E-state index in [0.717, 1.165) is 0 Å². The Balaban J connectivity index is 2.92. The van der Waals surface area contributed by atoms with Gasteiger partial charge < -0.3 is 0 Å². The molecule has 0 spiro atoms. The Morgan fingerprint density at radius 1 is 1.53 bits per heavy atom. The maximum Gasteiger partial charge on any atom is 0.265 e. The van der Waals surface area contributed by atoms with Gasteiger partial charge in [-0.2, -0.15) is 10.5 Å². The first-order valence-electron chi connectivity index (χ1n) is 4.34. The normalized spacial score (nSPS) is 21.0. The molecule has 78 valence electrons. The monoisotopic (exact) mass is 226 g/mol. The molecule has 0 bridgehead atoms. The van der Waals surface area contributed by atoms with Crippen LogP contribution in [0.3, 0.4) is 0 Å². The third kappa shape index (κ3) is 2.85. The van der Waals surface area contributed by atoms with Crippen LogP contribution in [0.1, 0.15) is 12.8 Å². The van der Waals surface area contributed by atoms with Crippen molar-refractivity contribution >= 4 is 9.24 Å². The molecule has 0 N–H and O–H groups in total. The van der Waals surface area contributed by atoms with Gasteiger partial charge in [0, 0.05) is 5.92 Å². The Bertz CT molecular complexity index is 393. The van der Waals surface area contributed by atoms with Crippen LogP contribution in [0.25, 0.3) is 0 Å². The van der Waals surface area contributed by atoms with E-state index in [4.69, 9.17) is 10.5 Å². The second kappa shape index (κ2) is 4.51. The Morgan fingerprint density at radius 3 is 2.67 bits per heavy atom. The number of nitrogens with zero attached hydrogens (tertiary/aromatic N) is 2. The van der Waals surface area contributed by atoms with Crippen molar-refractivity contribution in [2.45, 2.75) is 18.5 Å². The van der Waals surface area contributed by atoms with Gasteiger partial charge in [0.15, 0.2) is 0 Å². The van der Waals surface area contributed by atoms with E-state index in [9.17, 15) is 8.78 Å². The second-order valence-corrected chi connectivity index (χ2v) is 4.04. The summed E-state index contributed by atoms with van der Waals surface area (Å²) in [4.78, 5) is 0. The molecule has 1 rings (SSSR count). The number of alkyl halides is 2. The molecule has 2 atom stereocenters. The zero-order valence-corrected chi connectivity index (χ0v) is 9.03. The molecular weight excluding hydrogens is 217 g/mol. The summed E-state index contributed by atoms with van der Waals surface area (Å²) < 4.78 is 25.9. The molecule has 2 nitrogen and oxygen atoms in total. The van der Waals surface area contributed by atoms with Gasteiger partial charge in [-0.15, -0.1) is 0 Å². The van der Waals surface area contributed by atoms with E-state index in [1.807, 2.05) is 12.1 Å². The minimum atomic E-state index is -2.91. The van der Waals surface area contributed by atoms with Crippen LogP contribution in [0.2, 0.25) is 0 Å². The van der Waals surface area contributed by atoms with Gasteiger partial charge in [0.25, 0.3) is 5.66 Å². The van der Waals surface area contributed by atoms with E-state index in [0.29, 0.717) is 5.57 Å². The van der Waals surface area contributed by atoms with Crippen molar-refractivity contribution in [1.29, 1.82) is 10.5 Å². The summed E-state index contributed by atoms with van der Waals surface area (Å²) in [7, 11) is 1.48. The third-order valence-electron chi connectivity index (χ3n) is 2.22. The molecule has 1 aliphatic rings. The Kier molecular flexibility index (Phi) is 3.56. The van der Waals surface area contributed by atoms with Crippen LogP contribution in [0.4, 0.5) is 8.78 Å². The Labute approximate surface area is 89.1 Å². The summed E-state index contributed by atoms with van der Waals surface area (Å²) in [6, 6.07) is 3.74. The summed E-state index contributed by atoms with van der Waals surface area (Å²) in [6.45, 7) is 0. The Hall–Kier alpha value is -1.25. The molecule has 0 aromatic rings. The van der Waals surface area contributed by atoms with Crippen LogP contribution in [-0.2, 0) is 0 Å². The highest BCUT2D eigenvalue weighted by atomic mass is 31.0. The van der Waals surface area contributed by atoms with Crippen molar-refractivity contribution in [1.82, 2.24) is 0 Å². The van der Waals surface area contributed by atoms with Gasteiger partial charge in [0.2, 0.25) is 0 Å². The lowest BCUT2D eigenvalue weighted by atomic mass is 9.90. The van der Waals surface area contributed by atoms with Crippen molar-refractivity contribution < 1.29 is 8.78 Å². The quantitative estimate of drug-likeness (QED) is 0.679. The first-order chi connectivity index (χ1) is 6.99. The van der Waals surface area contributed by atoms with Crippen LogP contribution >= 0.6 is 9.24 Å². The fourth-order valence-corrected chi connectivity index (χ4v) is 1.62. The van der Waals surface area contributed by atoms with E-state index in [-0.39, 0.29) is 18.4 Å². The molecule has 0 aromatic heterocycles. The molecule has 15 heavy (non-hydrogen) atoms. The fourth-order valence-electron chi connectivity index (χ4n) is 1.39. The molecule has 0 saturated carbocycles. The summed E-state index contributed by atoms with van der Waals surface area (Å²) in [5, 5.41) is 17.2. The third-order valence-corrected chi connectivity index (χ3v) is 2.64. The minimum Gasteiger partial charge on any atom is -0.202 e. The van der Waals surface area contributed by atoms with Gasteiger partial charge >= 0.3 is 0 Å². The molecule has 0 heterocycles. The van der Waals surface area contributed by atoms with E-state index in [1.54, 1.807) is 6.08 Å². The van der Waals surface area contributed by atoms with E-state index in [1.165, 1.54) is 15.3 Å². The lowest BCUT2D eigenvalue weighted by Gasteiger charge is -2.23. The predicted octanol–water partition coefficient (Wildman–Crippen LogP) is 2.76. The largest absolute Gasteiger partial charge is 0.265 e. The smallest absolute Gasteiger partial charge is 0.202 e. The summed E-state index contributed by atoms with van der Waals surface area (Å²) in [5.41, 5.74) is -2.17. The van der Waals surface area contributed by atoms with Crippen LogP contribution in [0.15, 0.2) is 23.3 Å². The SMILES string of the molecule is N#CCC1=CCC(C(F)(F)P)C=C1C#N. The van der Waals surface area contributed by atoms with Crippen molar-refractivity contribution in [3.05, 3.63) is 23.3 Å². The van der Waals surface area contributed by atoms with Gasteiger partial charge in [0.1, 0.15) is 0 Å². The van der Waals surface area contributed by atoms with E-state index < -0.39 is 11.6 Å². The van der Waals surface area contributed by atoms with E-state index >= 15 is 0 Å². The minimum absolute atomic E-state index is 0.0918. The average Bonchev–Trinajstić information content (AvgIpc) is 2.17. The van der Waals surface area contributed by atoms with E-state index in [2.05, 4.69) is 0 Å². The zero-order chi connectivity index (χ0) is 11.5. The molecule has 0 saturated heterocycles. The molecule has 0 fully saturated rings. The fraction of sp³-hybridized carbons (Fsp3) is 0.400. The van der Waals surface area contributed by atoms with Gasteiger partial charge in [-0.1, -0.05) is 21.4 Å². The molecule has 5 heteroatoms. The maximum atomic E-state index is 12.9. The first kappa shape index (κ1) is 11.8. The number of nitriles is 2. The topological polar surface area (TPSA) is 47.6 Å². The van der Waals surface area contributed by atoms with Crippen molar-refractivity contribution in [3.8, 4) is 12.1 Å². The molecule has 0 radical (unpaired) electrons. The first-order valence-corrected chi connectivity index (χ1v) is 4.91. The van der Waals surface area contributed by atoms with Crippen LogP contribution in [0, 0.1) is 28.6 Å². The van der Waals surface area contributed by atoms with Crippen molar-refractivity contribution in [3.63, 3.8) is 0 Å². The summed E-state index contributed by atoms with van der Waals surface area (Å²) in [5.74, 6) is -0.973. The standard InChI is InChI=1S/C10H9F2N2P/c11-10(12,15)9-2-1-7(3-4-13)8(5-9)6-14/h1,5,9H,2-3,15H2. The van der Waals surface area contributed by atoms with Crippen LogP contribution in [0.5, 0.6) is 0 Å². The summed E-state index contributed by atoms with van der Waals surface area (Å²) in [6.07, 6.45) is 3.05. The molecule has 0 aliphatic heterocycles. The van der Waals surface area contributed by atoms with Crippen molar-refractivity contribution in [2.75, 3.05) is 0 Å². The number of hydrogen-bond donors (Lipinski definition) is 0. The zero-order valence-electron chi connectivity index (χ0n) is 7.87. The van der Waals surface area contributed by atoms with Gasteiger partial charge in [-0.05, 0) is 12.0 Å². The van der Waals surface area contributed by atoms with Gasteiger partial charge in [-0.3, -0.25) is 0 Å². The number of hydrogen-bond acceptors (Lipinski definition) is 2. The summed E-state index contributed by atoms with van der Waals surface area (Å²) >= 11 is 0. The molecule has 0 amide bonds. The molecular formula is C10H9F2N2P. The maximum absolute atomic E-state index is 12.9. The second-order valence-electron chi connectivity index (χ2n) is 3.27. The average molecular weight is 226 g/mol.